The predicted molar refractivity (Wildman–Crippen MR) is 102 cm³/mol. The maximum Gasteiger partial charge on any atom is 0.243 e. The van der Waals surface area contributed by atoms with Gasteiger partial charge in [0.25, 0.3) is 0 Å². The number of furan rings is 1. The second kappa shape index (κ2) is 8.29. The molecule has 3 rings (SSSR count). The van der Waals surface area contributed by atoms with E-state index in [4.69, 9.17) is 4.42 Å². The van der Waals surface area contributed by atoms with Crippen molar-refractivity contribution >= 4 is 22.5 Å². The van der Waals surface area contributed by atoms with E-state index in [-0.39, 0.29) is 5.91 Å². The molecule has 6 nitrogen and oxygen atoms in total. The molecule has 0 bridgehead atoms. The van der Waals surface area contributed by atoms with Gasteiger partial charge in [0.2, 0.25) is 5.91 Å². The Morgan fingerprint density at radius 3 is 3.04 bits per heavy atom. The highest BCUT2D eigenvalue weighted by atomic mass is 16.3. The molecule has 134 valence electrons. The molecule has 0 saturated heterocycles. The van der Waals surface area contributed by atoms with Gasteiger partial charge in [0.05, 0.1) is 17.3 Å². The van der Waals surface area contributed by atoms with Crippen molar-refractivity contribution in [2.45, 2.75) is 26.2 Å². The van der Waals surface area contributed by atoms with Crippen molar-refractivity contribution in [2.24, 2.45) is 0 Å². The molecule has 3 heterocycles. The Balaban J connectivity index is 1.85. The maximum atomic E-state index is 11.2. The number of amides is 1. The summed E-state index contributed by atoms with van der Waals surface area (Å²) in [5, 5.41) is 3.76. The number of carbonyl (C=O) groups excluding carboxylic acids is 1. The second-order valence-electron chi connectivity index (χ2n) is 5.85. The highest BCUT2D eigenvalue weighted by molar-refractivity contribution is 5.99. The molecule has 26 heavy (non-hydrogen) atoms. The van der Waals surface area contributed by atoms with Crippen molar-refractivity contribution in [1.82, 2.24) is 20.3 Å². The Hall–Kier alpha value is -3.15. The van der Waals surface area contributed by atoms with E-state index in [1.807, 2.05) is 18.3 Å². The van der Waals surface area contributed by atoms with E-state index < -0.39 is 0 Å². The van der Waals surface area contributed by atoms with Crippen LogP contribution in [0.5, 0.6) is 0 Å². The van der Waals surface area contributed by atoms with Crippen LogP contribution >= 0.6 is 0 Å². The smallest absolute Gasteiger partial charge is 0.243 e. The van der Waals surface area contributed by atoms with E-state index in [0.717, 1.165) is 52.9 Å². The first kappa shape index (κ1) is 17.7. The average molecular weight is 350 g/mol. The Morgan fingerprint density at radius 2 is 2.31 bits per heavy atom. The predicted octanol–water partition coefficient (Wildman–Crippen LogP) is 4.09. The molecule has 6 heteroatoms. The number of unbranched alkanes of at least 4 members (excludes halogenated alkanes) is 1. The number of fused-ring (bicyclic) bond motifs is 1. The number of aromatic amines is 1. The molecule has 0 spiro atoms. The zero-order valence-corrected chi connectivity index (χ0v) is 14.8. The molecule has 0 saturated carbocycles. The van der Waals surface area contributed by atoms with Gasteiger partial charge in [-0.2, -0.15) is 0 Å². The van der Waals surface area contributed by atoms with Gasteiger partial charge in [0, 0.05) is 18.3 Å². The van der Waals surface area contributed by atoms with Crippen LogP contribution < -0.4 is 5.32 Å². The SMILES string of the molecule is C=CC(=O)NCCC/C=C(\CC)c1ncnc2[nH]cc(-c3ccco3)c12. The fourth-order valence-corrected chi connectivity index (χ4v) is 2.90. The first-order valence-electron chi connectivity index (χ1n) is 8.70. The van der Waals surface area contributed by atoms with Gasteiger partial charge in [-0.15, -0.1) is 0 Å². The first-order valence-corrected chi connectivity index (χ1v) is 8.70. The highest BCUT2D eigenvalue weighted by Crippen LogP contribution is 2.33. The summed E-state index contributed by atoms with van der Waals surface area (Å²) >= 11 is 0. The van der Waals surface area contributed by atoms with E-state index >= 15 is 0 Å². The quantitative estimate of drug-likeness (QED) is 0.473. The van der Waals surface area contributed by atoms with Crippen LogP contribution in [0, 0.1) is 0 Å². The number of nitrogens with zero attached hydrogens (tertiary/aromatic N) is 2. The van der Waals surface area contributed by atoms with Gasteiger partial charge in [-0.25, -0.2) is 9.97 Å². The molecule has 0 unspecified atom stereocenters. The van der Waals surface area contributed by atoms with Crippen molar-refractivity contribution in [2.75, 3.05) is 6.54 Å². The fraction of sp³-hybridized carbons (Fsp3) is 0.250. The molecule has 2 N–H and O–H groups in total. The molecule has 0 aliphatic heterocycles. The summed E-state index contributed by atoms with van der Waals surface area (Å²) in [5.41, 5.74) is 3.82. The topological polar surface area (TPSA) is 83.8 Å². The first-order chi connectivity index (χ1) is 12.7. The molecule has 0 atom stereocenters. The lowest BCUT2D eigenvalue weighted by molar-refractivity contribution is -0.116. The van der Waals surface area contributed by atoms with Crippen LogP contribution in [0.2, 0.25) is 0 Å². The minimum absolute atomic E-state index is 0.141. The van der Waals surface area contributed by atoms with E-state index in [0.29, 0.717) is 6.54 Å². The van der Waals surface area contributed by atoms with E-state index in [9.17, 15) is 4.79 Å². The van der Waals surface area contributed by atoms with E-state index in [1.54, 1.807) is 12.6 Å². The molecule has 0 radical (unpaired) electrons. The highest BCUT2D eigenvalue weighted by Gasteiger charge is 2.16. The van der Waals surface area contributed by atoms with E-state index in [1.165, 1.54) is 6.08 Å². The molecular formula is C20H22N4O2. The molecule has 0 aromatic carbocycles. The summed E-state index contributed by atoms with van der Waals surface area (Å²) in [6.07, 6.45) is 11.2. The zero-order valence-electron chi connectivity index (χ0n) is 14.8. The van der Waals surface area contributed by atoms with Crippen molar-refractivity contribution in [3.05, 3.63) is 55.3 Å². The van der Waals surface area contributed by atoms with Crippen molar-refractivity contribution < 1.29 is 9.21 Å². The maximum absolute atomic E-state index is 11.2. The minimum Gasteiger partial charge on any atom is -0.464 e. The van der Waals surface area contributed by atoms with Gasteiger partial charge < -0.3 is 14.7 Å². The van der Waals surface area contributed by atoms with Crippen LogP contribution in [0.25, 0.3) is 27.9 Å². The van der Waals surface area contributed by atoms with Crippen LogP contribution in [0.1, 0.15) is 31.9 Å². The number of nitrogens with one attached hydrogen (secondary N) is 2. The minimum atomic E-state index is -0.141. The zero-order chi connectivity index (χ0) is 18.4. The standard InChI is InChI=1S/C20H22N4O2/c1-3-14(8-5-6-10-21-17(25)4-2)19-18-15(16-9-7-11-26-16)12-22-20(18)24-13-23-19/h4,7-9,11-13H,2-3,5-6,10H2,1H3,(H,21,25)(H,22,23,24)/b14-8+. The Bertz CT molecular complexity index is 923. The van der Waals surface area contributed by atoms with Crippen LogP contribution in [-0.4, -0.2) is 27.4 Å². The third-order valence-corrected chi connectivity index (χ3v) is 4.20. The monoisotopic (exact) mass is 350 g/mol. The molecule has 0 aliphatic rings. The largest absolute Gasteiger partial charge is 0.464 e. The summed E-state index contributed by atoms with van der Waals surface area (Å²) in [7, 11) is 0. The molecule has 3 aromatic heterocycles. The van der Waals surface area contributed by atoms with Gasteiger partial charge in [0.15, 0.2) is 0 Å². The lowest BCUT2D eigenvalue weighted by Gasteiger charge is -2.07. The van der Waals surface area contributed by atoms with Crippen LogP contribution in [0.15, 0.2) is 54.1 Å². The number of rotatable bonds is 8. The molecule has 1 amide bonds. The van der Waals surface area contributed by atoms with Gasteiger partial charge in [-0.1, -0.05) is 19.6 Å². The van der Waals surface area contributed by atoms with Crippen LogP contribution in [0.3, 0.4) is 0 Å². The van der Waals surface area contributed by atoms with Gasteiger partial charge in [-0.3, -0.25) is 4.79 Å². The summed E-state index contributed by atoms with van der Waals surface area (Å²) in [4.78, 5) is 23.2. The molecule has 3 aromatic rings. The number of H-pyrrole nitrogens is 1. The van der Waals surface area contributed by atoms with Gasteiger partial charge >= 0.3 is 0 Å². The van der Waals surface area contributed by atoms with Crippen molar-refractivity contribution in [3.63, 3.8) is 0 Å². The normalized spacial score (nSPS) is 11.7. The lowest BCUT2D eigenvalue weighted by atomic mass is 10.0. The molecule has 0 fully saturated rings. The van der Waals surface area contributed by atoms with Gasteiger partial charge in [0.1, 0.15) is 17.7 Å². The Morgan fingerprint density at radius 1 is 1.42 bits per heavy atom. The van der Waals surface area contributed by atoms with Gasteiger partial charge in [-0.05, 0) is 43.0 Å². The fourth-order valence-electron chi connectivity index (χ4n) is 2.90. The number of allylic oxidation sites excluding steroid dienone is 2. The van der Waals surface area contributed by atoms with Crippen LogP contribution in [-0.2, 0) is 4.79 Å². The second-order valence-corrected chi connectivity index (χ2v) is 5.85. The Labute approximate surface area is 152 Å². The summed E-state index contributed by atoms with van der Waals surface area (Å²) in [6, 6.07) is 3.79. The number of carbonyl (C=O) groups is 1. The van der Waals surface area contributed by atoms with Crippen molar-refractivity contribution in [1.29, 1.82) is 0 Å². The Kier molecular flexibility index (Phi) is 5.63. The summed E-state index contributed by atoms with van der Waals surface area (Å²) in [5.74, 6) is 0.646. The lowest BCUT2D eigenvalue weighted by Crippen LogP contribution is -2.21. The number of hydrogen-bond acceptors (Lipinski definition) is 4. The molecule has 0 aliphatic carbocycles. The summed E-state index contributed by atoms with van der Waals surface area (Å²) in [6.45, 7) is 6.18. The number of aromatic nitrogens is 3. The summed E-state index contributed by atoms with van der Waals surface area (Å²) < 4.78 is 5.56. The van der Waals surface area contributed by atoms with Crippen LogP contribution in [0.4, 0.5) is 0 Å². The third-order valence-electron chi connectivity index (χ3n) is 4.20. The van der Waals surface area contributed by atoms with Crippen molar-refractivity contribution in [3.8, 4) is 11.3 Å². The number of hydrogen-bond donors (Lipinski definition) is 2. The third kappa shape index (κ3) is 3.74. The average Bonchev–Trinajstić information content (AvgIpc) is 3.33. The van der Waals surface area contributed by atoms with E-state index in [2.05, 4.69) is 39.8 Å². The molecular weight excluding hydrogens is 328 g/mol.